The van der Waals surface area contributed by atoms with E-state index >= 15 is 0 Å². The van der Waals surface area contributed by atoms with E-state index in [4.69, 9.17) is 0 Å². The molecular weight excluding hydrogens is 280 g/mol. The van der Waals surface area contributed by atoms with Crippen LogP contribution in [-0.2, 0) is 0 Å². The summed E-state index contributed by atoms with van der Waals surface area (Å²) in [6, 6.07) is 2.00. The minimum Gasteiger partial charge on any atom is -0.388 e. The van der Waals surface area contributed by atoms with Crippen molar-refractivity contribution in [1.82, 2.24) is 4.98 Å². The largest absolute Gasteiger partial charge is 0.388 e. The van der Waals surface area contributed by atoms with Gasteiger partial charge >= 0.3 is 0 Å². The van der Waals surface area contributed by atoms with Crippen LogP contribution in [0.5, 0.6) is 0 Å². The second-order valence-electron chi connectivity index (χ2n) is 4.96. The summed E-state index contributed by atoms with van der Waals surface area (Å²) in [5.74, 6) is 0.838. The Morgan fingerprint density at radius 2 is 2.12 bits per heavy atom. The van der Waals surface area contributed by atoms with Gasteiger partial charge in [-0.3, -0.25) is 0 Å². The van der Waals surface area contributed by atoms with E-state index in [0.717, 1.165) is 41.5 Å². The summed E-state index contributed by atoms with van der Waals surface area (Å²) in [7, 11) is 0. The third-order valence-corrected chi connectivity index (χ3v) is 4.26. The number of aliphatic hydroxyl groups is 1. The first kappa shape index (κ1) is 12.8. The van der Waals surface area contributed by atoms with Crippen LogP contribution in [0, 0.1) is 6.92 Å². The lowest BCUT2D eigenvalue weighted by atomic mass is 9.85. The zero-order valence-electron chi connectivity index (χ0n) is 10.2. The lowest BCUT2D eigenvalue weighted by Gasteiger charge is -2.32. The highest BCUT2D eigenvalue weighted by Gasteiger charge is 2.28. The number of anilines is 1. The second kappa shape index (κ2) is 5.36. The maximum absolute atomic E-state index is 10.4. The lowest BCUT2D eigenvalue weighted by Crippen LogP contribution is -2.38. The molecule has 94 valence electrons. The van der Waals surface area contributed by atoms with E-state index in [-0.39, 0.29) is 0 Å². The molecule has 0 radical (unpaired) electrons. The quantitative estimate of drug-likeness (QED) is 0.900. The molecule has 0 unspecified atom stereocenters. The molecule has 17 heavy (non-hydrogen) atoms. The molecule has 2 N–H and O–H groups in total. The molecule has 1 saturated carbocycles. The van der Waals surface area contributed by atoms with Crippen molar-refractivity contribution < 1.29 is 5.11 Å². The summed E-state index contributed by atoms with van der Waals surface area (Å²) in [5.41, 5.74) is 0.610. The Hall–Kier alpha value is -0.610. The van der Waals surface area contributed by atoms with Gasteiger partial charge in [-0.1, -0.05) is 19.3 Å². The number of hydrogen-bond donors (Lipinski definition) is 2. The van der Waals surface area contributed by atoms with Crippen molar-refractivity contribution in [3.8, 4) is 0 Å². The summed E-state index contributed by atoms with van der Waals surface area (Å²) in [5, 5.41) is 13.6. The van der Waals surface area contributed by atoms with E-state index in [0.29, 0.717) is 6.54 Å². The number of nitrogens with one attached hydrogen (secondary N) is 1. The number of rotatable bonds is 3. The number of hydrogen-bond acceptors (Lipinski definition) is 3. The Kier molecular flexibility index (Phi) is 4.05. The van der Waals surface area contributed by atoms with Gasteiger partial charge in [0, 0.05) is 17.2 Å². The van der Waals surface area contributed by atoms with E-state index < -0.39 is 5.60 Å². The van der Waals surface area contributed by atoms with Crippen LogP contribution in [0.3, 0.4) is 0 Å². The van der Waals surface area contributed by atoms with Crippen LogP contribution in [0.1, 0.15) is 37.7 Å². The molecule has 1 fully saturated rings. The van der Waals surface area contributed by atoms with Crippen molar-refractivity contribution in [2.45, 2.75) is 44.6 Å². The predicted octanol–water partition coefficient (Wildman–Crippen LogP) is 3.26. The third-order valence-electron chi connectivity index (χ3n) is 3.43. The van der Waals surface area contributed by atoms with E-state index in [1.165, 1.54) is 6.42 Å². The molecule has 1 aliphatic rings. The van der Waals surface area contributed by atoms with E-state index in [2.05, 4.69) is 26.2 Å². The monoisotopic (exact) mass is 298 g/mol. The zero-order valence-corrected chi connectivity index (χ0v) is 11.8. The van der Waals surface area contributed by atoms with Crippen molar-refractivity contribution in [2.75, 3.05) is 11.9 Å². The minimum atomic E-state index is -0.541. The molecule has 2 rings (SSSR count). The average Bonchev–Trinajstić information content (AvgIpc) is 2.32. The maximum Gasteiger partial charge on any atom is 0.126 e. The van der Waals surface area contributed by atoms with Crippen LogP contribution < -0.4 is 5.32 Å². The highest BCUT2D eigenvalue weighted by Crippen LogP contribution is 2.28. The third kappa shape index (κ3) is 3.42. The van der Waals surface area contributed by atoms with Gasteiger partial charge in [-0.05, 0) is 47.3 Å². The van der Waals surface area contributed by atoms with Crippen molar-refractivity contribution in [2.24, 2.45) is 0 Å². The first-order valence-electron chi connectivity index (χ1n) is 6.17. The molecule has 0 atom stereocenters. The summed E-state index contributed by atoms with van der Waals surface area (Å²) in [4.78, 5) is 4.29. The first-order chi connectivity index (χ1) is 8.09. The van der Waals surface area contributed by atoms with Crippen LogP contribution in [0.2, 0.25) is 0 Å². The van der Waals surface area contributed by atoms with Gasteiger partial charge in [-0.25, -0.2) is 4.98 Å². The second-order valence-corrected chi connectivity index (χ2v) is 5.81. The summed E-state index contributed by atoms with van der Waals surface area (Å²) < 4.78 is 1.01. The van der Waals surface area contributed by atoms with E-state index in [1.807, 2.05) is 13.0 Å². The van der Waals surface area contributed by atoms with Gasteiger partial charge in [0.2, 0.25) is 0 Å². The molecule has 4 heteroatoms. The molecule has 0 aromatic carbocycles. The highest BCUT2D eigenvalue weighted by molar-refractivity contribution is 9.10. The Bertz CT molecular complexity index is 389. The molecule has 0 aliphatic heterocycles. The topological polar surface area (TPSA) is 45.1 Å². The molecule has 0 amide bonds. The molecule has 1 aromatic heterocycles. The van der Waals surface area contributed by atoms with Gasteiger partial charge in [-0.2, -0.15) is 0 Å². The molecular formula is C13H19BrN2O. The fraction of sp³-hybridized carbons (Fsp3) is 0.615. The number of pyridine rings is 1. The van der Waals surface area contributed by atoms with Crippen molar-refractivity contribution in [1.29, 1.82) is 0 Å². The van der Waals surface area contributed by atoms with Gasteiger partial charge in [0.05, 0.1) is 5.60 Å². The van der Waals surface area contributed by atoms with Crippen LogP contribution in [0.4, 0.5) is 5.82 Å². The van der Waals surface area contributed by atoms with Crippen molar-refractivity contribution in [3.63, 3.8) is 0 Å². The highest BCUT2D eigenvalue weighted by atomic mass is 79.9. The summed E-state index contributed by atoms with van der Waals surface area (Å²) in [6.07, 6.45) is 7.10. The molecule has 1 aromatic rings. The van der Waals surface area contributed by atoms with Crippen molar-refractivity contribution >= 4 is 21.7 Å². The van der Waals surface area contributed by atoms with E-state index in [9.17, 15) is 5.11 Å². The summed E-state index contributed by atoms with van der Waals surface area (Å²) in [6.45, 7) is 2.63. The summed E-state index contributed by atoms with van der Waals surface area (Å²) >= 11 is 3.43. The Morgan fingerprint density at radius 3 is 2.76 bits per heavy atom. The van der Waals surface area contributed by atoms with Gasteiger partial charge in [0.25, 0.3) is 0 Å². The number of nitrogens with zero attached hydrogens (tertiary/aromatic N) is 1. The fourth-order valence-corrected chi connectivity index (χ4v) is 2.49. The van der Waals surface area contributed by atoms with Gasteiger partial charge in [0.15, 0.2) is 0 Å². The smallest absolute Gasteiger partial charge is 0.126 e. The van der Waals surface area contributed by atoms with Crippen LogP contribution in [0.15, 0.2) is 16.7 Å². The lowest BCUT2D eigenvalue weighted by molar-refractivity contribution is 0.0166. The number of halogens is 1. The van der Waals surface area contributed by atoms with Gasteiger partial charge in [-0.15, -0.1) is 0 Å². The first-order valence-corrected chi connectivity index (χ1v) is 6.97. The fourth-order valence-electron chi connectivity index (χ4n) is 2.28. The predicted molar refractivity (Wildman–Crippen MR) is 73.2 cm³/mol. The SMILES string of the molecule is Cc1cc(NCC2(O)CCCCC2)ncc1Br. The number of aromatic nitrogens is 1. The van der Waals surface area contributed by atoms with Crippen LogP contribution >= 0.6 is 15.9 Å². The molecule has 0 saturated heterocycles. The van der Waals surface area contributed by atoms with Crippen LogP contribution in [0.25, 0.3) is 0 Å². The Labute approximate surface area is 111 Å². The Balaban J connectivity index is 1.94. The minimum absolute atomic E-state index is 0.541. The standard InChI is InChI=1S/C13H19BrN2O/c1-10-7-12(15-8-11(10)14)16-9-13(17)5-3-2-4-6-13/h7-8,17H,2-6,9H2,1H3,(H,15,16). The average molecular weight is 299 g/mol. The molecule has 0 bridgehead atoms. The molecule has 3 nitrogen and oxygen atoms in total. The van der Waals surface area contributed by atoms with Crippen molar-refractivity contribution in [3.05, 3.63) is 22.3 Å². The molecule has 1 aliphatic carbocycles. The normalized spacial score (nSPS) is 19.0. The zero-order chi connectivity index (χ0) is 12.3. The molecule has 0 spiro atoms. The maximum atomic E-state index is 10.4. The Morgan fingerprint density at radius 1 is 1.41 bits per heavy atom. The number of aryl methyl sites for hydroxylation is 1. The van der Waals surface area contributed by atoms with Crippen LogP contribution in [-0.4, -0.2) is 22.2 Å². The van der Waals surface area contributed by atoms with Gasteiger partial charge in [0.1, 0.15) is 5.82 Å². The van der Waals surface area contributed by atoms with Gasteiger partial charge < -0.3 is 10.4 Å². The molecule has 1 heterocycles. The van der Waals surface area contributed by atoms with E-state index in [1.54, 1.807) is 6.20 Å².